The zero-order valence-electron chi connectivity index (χ0n) is 13.8. The van der Waals surface area contributed by atoms with Crippen molar-refractivity contribution in [2.45, 2.75) is 26.6 Å². The fourth-order valence-corrected chi connectivity index (χ4v) is 3.27. The Morgan fingerprint density at radius 3 is 3.08 bits per heavy atom. The summed E-state index contributed by atoms with van der Waals surface area (Å²) < 4.78 is 8.97. The summed E-state index contributed by atoms with van der Waals surface area (Å²) in [5.74, 6) is 0.704. The highest BCUT2D eigenvalue weighted by molar-refractivity contribution is 5.95. The third-order valence-corrected chi connectivity index (χ3v) is 4.49. The first-order valence-corrected chi connectivity index (χ1v) is 7.94. The molecule has 0 N–H and O–H groups in total. The number of imidazole rings is 2. The summed E-state index contributed by atoms with van der Waals surface area (Å²) in [5.41, 5.74) is 3.30. The van der Waals surface area contributed by atoms with Crippen molar-refractivity contribution in [2.24, 2.45) is 0 Å². The Hall–Kier alpha value is -2.67. The molecule has 0 atom stereocenters. The normalized spacial score (nSPS) is 14.8. The van der Waals surface area contributed by atoms with Gasteiger partial charge < -0.3 is 13.7 Å². The van der Waals surface area contributed by atoms with E-state index in [4.69, 9.17) is 4.74 Å². The van der Waals surface area contributed by atoms with Gasteiger partial charge in [0.2, 0.25) is 0 Å². The van der Waals surface area contributed by atoms with Crippen LogP contribution in [0, 0.1) is 6.92 Å². The van der Waals surface area contributed by atoms with Crippen LogP contribution in [0.3, 0.4) is 0 Å². The lowest BCUT2D eigenvalue weighted by molar-refractivity contribution is 0.0602. The average Bonchev–Trinajstić information content (AvgIpc) is 3.17. The number of esters is 1. The van der Waals surface area contributed by atoms with E-state index in [9.17, 15) is 4.79 Å². The largest absolute Gasteiger partial charge is 0.465 e. The minimum Gasteiger partial charge on any atom is -0.465 e. The maximum absolute atomic E-state index is 11.9. The average molecular weight is 325 g/mol. The molecule has 0 saturated heterocycles. The molecule has 124 valence electrons. The van der Waals surface area contributed by atoms with Gasteiger partial charge in [-0.15, -0.1) is 0 Å². The Labute approximate surface area is 139 Å². The van der Waals surface area contributed by atoms with Gasteiger partial charge in [-0.2, -0.15) is 0 Å². The molecule has 4 heterocycles. The highest BCUT2D eigenvalue weighted by Gasteiger charge is 2.20. The quantitative estimate of drug-likeness (QED) is 0.685. The van der Waals surface area contributed by atoms with Gasteiger partial charge in [0.25, 0.3) is 0 Å². The molecule has 0 fully saturated rings. The predicted molar refractivity (Wildman–Crippen MR) is 87.6 cm³/mol. The molecule has 1 aliphatic rings. The molecule has 3 aromatic heterocycles. The monoisotopic (exact) mass is 325 g/mol. The molecule has 4 rings (SSSR count). The third-order valence-electron chi connectivity index (χ3n) is 4.49. The predicted octanol–water partition coefficient (Wildman–Crippen LogP) is 1.64. The van der Waals surface area contributed by atoms with Crippen molar-refractivity contribution in [2.75, 3.05) is 13.7 Å². The van der Waals surface area contributed by atoms with Gasteiger partial charge in [-0.1, -0.05) is 0 Å². The zero-order valence-corrected chi connectivity index (χ0v) is 13.8. The van der Waals surface area contributed by atoms with E-state index in [1.807, 2.05) is 36.0 Å². The number of ether oxygens (including phenoxy) is 1. The number of carbonyl (C=O) groups excluding carboxylic acids is 1. The van der Waals surface area contributed by atoms with Crippen molar-refractivity contribution >= 4 is 11.6 Å². The Morgan fingerprint density at radius 1 is 1.38 bits per heavy atom. The smallest absolute Gasteiger partial charge is 0.341 e. The number of hydrogen-bond acceptors (Lipinski definition) is 5. The number of aromatic nitrogens is 4. The Bertz CT molecular complexity index is 911. The van der Waals surface area contributed by atoms with Crippen molar-refractivity contribution < 1.29 is 9.53 Å². The van der Waals surface area contributed by atoms with Gasteiger partial charge in [-0.3, -0.25) is 4.90 Å². The minimum atomic E-state index is -0.366. The van der Waals surface area contributed by atoms with Crippen LogP contribution in [0.4, 0.5) is 0 Å². The van der Waals surface area contributed by atoms with Crippen LogP contribution in [-0.4, -0.2) is 43.5 Å². The summed E-state index contributed by atoms with van der Waals surface area (Å²) in [5, 5.41) is 0. The van der Waals surface area contributed by atoms with Crippen LogP contribution in [-0.2, 0) is 24.4 Å². The Morgan fingerprint density at radius 2 is 2.25 bits per heavy atom. The number of fused-ring (bicyclic) bond motifs is 2. The molecular weight excluding hydrogens is 306 g/mol. The number of carbonyl (C=O) groups is 1. The first-order valence-electron chi connectivity index (χ1n) is 7.94. The van der Waals surface area contributed by atoms with Crippen LogP contribution in [0.2, 0.25) is 0 Å². The second-order valence-electron chi connectivity index (χ2n) is 6.04. The molecule has 1 aliphatic heterocycles. The van der Waals surface area contributed by atoms with Gasteiger partial charge in [-0.05, 0) is 19.1 Å². The lowest BCUT2D eigenvalue weighted by Gasteiger charge is -2.27. The van der Waals surface area contributed by atoms with Crippen molar-refractivity contribution in [3.8, 4) is 0 Å². The van der Waals surface area contributed by atoms with E-state index in [0.717, 1.165) is 37.7 Å². The number of nitrogens with zero attached hydrogens (tertiary/aromatic N) is 5. The van der Waals surface area contributed by atoms with Crippen LogP contribution in [0.5, 0.6) is 0 Å². The fourth-order valence-electron chi connectivity index (χ4n) is 3.27. The molecule has 0 aromatic carbocycles. The van der Waals surface area contributed by atoms with Crippen LogP contribution >= 0.6 is 0 Å². The maximum atomic E-state index is 11.9. The molecule has 0 aliphatic carbocycles. The SMILES string of the molecule is COC(=O)c1cccn2cc(CN3CCn4c(cnc4C)C3)nc12. The van der Waals surface area contributed by atoms with Gasteiger partial charge in [0.05, 0.1) is 18.5 Å². The van der Waals surface area contributed by atoms with E-state index in [1.165, 1.54) is 12.8 Å². The number of rotatable bonds is 3. The van der Waals surface area contributed by atoms with Gasteiger partial charge >= 0.3 is 5.97 Å². The summed E-state index contributed by atoms with van der Waals surface area (Å²) in [7, 11) is 1.38. The van der Waals surface area contributed by atoms with Crippen LogP contribution < -0.4 is 0 Å². The molecule has 24 heavy (non-hydrogen) atoms. The molecule has 0 radical (unpaired) electrons. The van der Waals surface area contributed by atoms with E-state index < -0.39 is 0 Å². The van der Waals surface area contributed by atoms with Gasteiger partial charge in [0.15, 0.2) is 5.65 Å². The third kappa shape index (κ3) is 2.46. The summed E-state index contributed by atoms with van der Waals surface area (Å²) in [6.45, 7) is 5.55. The van der Waals surface area contributed by atoms with Crippen molar-refractivity contribution in [3.63, 3.8) is 0 Å². The molecule has 7 heteroatoms. The molecular formula is C17H19N5O2. The zero-order chi connectivity index (χ0) is 16.7. The first kappa shape index (κ1) is 14.9. The number of hydrogen-bond donors (Lipinski definition) is 0. The minimum absolute atomic E-state index is 0.366. The molecule has 0 unspecified atom stereocenters. The fraction of sp³-hybridized carbons (Fsp3) is 0.353. The van der Waals surface area contributed by atoms with Gasteiger partial charge in [-0.25, -0.2) is 14.8 Å². The molecule has 0 amide bonds. The van der Waals surface area contributed by atoms with E-state index in [1.54, 1.807) is 6.07 Å². The number of methoxy groups -OCH3 is 1. The number of aryl methyl sites for hydroxylation is 1. The van der Waals surface area contributed by atoms with E-state index in [0.29, 0.717) is 11.2 Å². The van der Waals surface area contributed by atoms with E-state index in [2.05, 4.69) is 19.4 Å². The second-order valence-corrected chi connectivity index (χ2v) is 6.04. The van der Waals surface area contributed by atoms with E-state index in [-0.39, 0.29) is 5.97 Å². The molecule has 7 nitrogen and oxygen atoms in total. The molecule has 0 spiro atoms. The standard InChI is InChI=1S/C17H19N5O2/c1-12-18-8-14-11-20(6-7-22(12)14)9-13-10-21-5-3-4-15(16(21)19-13)17(23)24-2/h3-5,8,10H,6-7,9,11H2,1-2H3. The van der Waals surface area contributed by atoms with Crippen molar-refractivity contribution in [3.05, 3.63) is 53.5 Å². The van der Waals surface area contributed by atoms with Crippen LogP contribution in [0.15, 0.2) is 30.7 Å². The van der Waals surface area contributed by atoms with Crippen LogP contribution in [0.1, 0.15) is 27.6 Å². The highest BCUT2D eigenvalue weighted by Crippen LogP contribution is 2.18. The summed E-state index contributed by atoms with van der Waals surface area (Å²) in [6, 6.07) is 3.56. The summed E-state index contributed by atoms with van der Waals surface area (Å²) in [6.07, 6.45) is 5.81. The van der Waals surface area contributed by atoms with E-state index >= 15 is 0 Å². The maximum Gasteiger partial charge on any atom is 0.341 e. The topological polar surface area (TPSA) is 64.7 Å². The lowest BCUT2D eigenvalue weighted by Crippen LogP contribution is -2.33. The second kappa shape index (κ2) is 5.76. The van der Waals surface area contributed by atoms with Crippen LogP contribution in [0.25, 0.3) is 5.65 Å². The van der Waals surface area contributed by atoms with Crippen molar-refractivity contribution in [1.29, 1.82) is 0 Å². The summed E-state index contributed by atoms with van der Waals surface area (Å²) in [4.78, 5) is 23.2. The molecule has 0 bridgehead atoms. The molecule has 3 aromatic rings. The molecule has 0 saturated carbocycles. The Kier molecular flexibility index (Phi) is 3.57. The first-order chi connectivity index (χ1) is 11.7. The van der Waals surface area contributed by atoms with Gasteiger partial charge in [0, 0.05) is 44.8 Å². The summed E-state index contributed by atoms with van der Waals surface area (Å²) >= 11 is 0. The number of pyridine rings is 1. The highest BCUT2D eigenvalue weighted by atomic mass is 16.5. The van der Waals surface area contributed by atoms with Crippen molar-refractivity contribution in [1.82, 2.24) is 23.8 Å². The lowest BCUT2D eigenvalue weighted by atomic mass is 10.3. The Balaban J connectivity index is 1.58. The van der Waals surface area contributed by atoms with Gasteiger partial charge in [0.1, 0.15) is 11.4 Å².